The van der Waals surface area contributed by atoms with Crippen molar-refractivity contribution < 1.29 is 0 Å². The fourth-order valence-corrected chi connectivity index (χ4v) is 1.70. The van der Waals surface area contributed by atoms with Crippen LogP contribution < -0.4 is 5.32 Å². The molecule has 2 aromatic rings. The van der Waals surface area contributed by atoms with Crippen LogP contribution in [0.4, 0.5) is 5.69 Å². The smallest absolute Gasteiger partial charge is 0.0590 e. The standard InChI is InChI=1S/C12H11BrN2/c13-11-9-14-7-6-12(11)15-8-10-4-2-1-3-5-10/h1-7,9H,8H2,(H,14,15). The van der Waals surface area contributed by atoms with Gasteiger partial charge in [0.1, 0.15) is 0 Å². The summed E-state index contributed by atoms with van der Waals surface area (Å²) < 4.78 is 0.987. The maximum atomic E-state index is 4.01. The maximum Gasteiger partial charge on any atom is 0.0590 e. The van der Waals surface area contributed by atoms with Gasteiger partial charge in [-0.2, -0.15) is 0 Å². The molecule has 0 aliphatic rings. The Hall–Kier alpha value is -1.35. The lowest BCUT2D eigenvalue weighted by atomic mass is 10.2. The first-order valence-corrected chi connectivity index (χ1v) is 5.53. The minimum Gasteiger partial charge on any atom is -0.380 e. The van der Waals surface area contributed by atoms with E-state index in [0.717, 1.165) is 16.7 Å². The molecule has 1 heterocycles. The third-order valence-corrected chi connectivity index (χ3v) is 2.73. The van der Waals surface area contributed by atoms with Crippen LogP contribution in [0.15, 0.2) is 53.3 Å². The van der Waals surface area contributed by atoms with Crippen LogP contribution >= 0.6 is 15.9 Å². The molecule has 0 fully saturated rings. The summed E-state index contributed by atoms with van der Waals surface area (Å²) in [4.78, 5) is 4.01. The van der Waals surface area contributed by atoms with Crippen LogP contribution in [0.2, 0.25) is 0 Å². The van der Waals surface area contributed by atoms with E-state index < -0.39 is 0 Å². The first-order chi connectivity index (χ1) is 7.36. The zero-order valence-corrected chi connectivity index (χ0v) is 9.74. The Morgan fingerprint density at radius 2 is 1.93 bits per heavy atom. The van der Waals surface area contributed by atoms with E-state index in [9.17, 15) is 0 Å². The maximum absolute atomic E-state index is 4.01. The highest BCUT2D eigenvalue weighted by Gasteiger charge is 1.97. The molecular weight excluding hydrogens is 252 g/mol. The number of benzene rings is 1. The van der Waals surface area contributed by atoms with E-state index in [1.807, 2.05) is 24.3 Å². The molecule has 0 amide bonds. The Balaban J connectivity index is 2.03. The van der Waals surface area contributed by atoms with Crippen molar-refractivity contribution >= 4 is 21.6 Å². The SMILES string of the molecule is Brc1cnccc1NCc1ccccc1. The highest BCUT2D eigenvalue weighted by Crippen LogP contribution is 2.20. The van der Waals surface area contributed by atoms with E-state index in [1.54, 1.807) is 12.4 Å². The van der Waals surface area contributed by atoms with Crippen LogP contribution in [0.1, 0.15) is 5.56 Å². The Labute approximate surface area is 97.5 Å². The molecule has 1 aromatic carbocycles. The van der Waals surface area contributed by atoms with E-state index in [0.29, 0.717) is 0 Å². The molecule has 2 rings (SSSR count). The van der Waals surface area contributed by atoms with Crippen molar-refractivity contribution in [2.75, 3.05) is 5.32 Å². The first kappa shape index (κ1) is 10.2. The van der Waals surface area contributed by atoms with Gasteiger partial charge < -0.3 is 5.32 Å². The Morgan fingerprint density at radius 1 is 1.13 bits per heavy atom. The first-order valence-electron chi connectivity index (χ1n) is 4.73. The van der Waals surface area contributed by atoms with Crippen LogP contribution in [0.5, 0.6) is 0 Å². The molecule has 1 aromatic heterocycles. The molecule has 3 heteroatoms. The summed E-state index contributed by atoms with van der Waals surface area (Å²) in [5.41, 5.74) is 2.33. The lowest BCUT2D eigenvalue weighted by molar-refractivity contribution is 1.14. The van der Waals surface area contributed by atoms with Gasteiger partial charge in [0, 0.05) is 18.9 Å². The molecule has 0 aliphatic carbocycles. The van der Waals surface area contributed by atoms with Crippen LogP contribution in [0, 0.1) is 0 Å². The van der Waals surface area contributed by atoms with Gasteiger partial charge in [0.05, 0.1) is 10.2 Å². The number of pyridine rings is 1. The lowest BCUT2D eigenvalue weighted by Gasteiger charge is -2.07. The summed E-state index contributed by atoms with van der Waals surface area (Å²) >= 11 is 3.44. The quantitative estimate of drug-likeness (QED) is 0.917. The van der Waals surface area contributed by atoms with Gasteiger partial charge in [-0.1, -0.05) is 30.3 Å². The summed E-state index contributed by atoms with van der Waals surface area (Å²) in [5.74, 6) is 0. The molecule has 0 bridgehead atoms. The normalized spacial score (nSPS) is 9.93. The summed E-state index contributed by atoms with van der Waals surface area (Å²) in [6.45, 7) is 0.823. The summed E-state index contributed by atoms with van der Waals surface area (Å²) in [5, 5.41) is 3.34. The third-order valence-electron chi connectivity index (χ3n) is 2.10. The predicted molar refractivity (Wildman–Crippen MR) is 65.7 cm³/mol. The fourth-order valence-electron chi connectivity index (χ4n) is 1.31. The monoisotopic (exact) mass is 262 g/mol. The average molecular weight is 263 g/mol. The van der Waals surface area contributed by atoms with Gasteiger partial charge in [-0.05, 0) is 27.6 Å². The van der Waals surface area contributed by atoms with E-state index in [2.05, 4.69) is 38.4 Å². The number of aromatic nitrogens is 1. The number of nitrogens with one attached hydrogen (secondary N) is 1. The molecule has 2 nitrogen and oxygen atoms in total. The summed E-state index contributed by atoms with van der Waals surface area (Å²) in [7, 11) is 0. The highest BCUT2D eigenvalue weighted by molar-refractivity contribution is 9.10. The molecule has 1 N–H and O–H groups in total. The highest BCUT2D eigenvalue weighted by atomic mass is 79.9. The van der Waals surface area contributed by atoms with E-state index in [1.165, 1.54) is 5.56 Å². The van der Waals surface area contributed by atoms with E-state index >= 15 is 0 Å². The van der Waals surface area contributed by atoms with Crippen LogP contribution in [-0.4, -0.2) is 4.98 Å². The lowest BCUT2D eigenvalue weighted by Crippen LogP contribution is -1.99. The van der Waals surface area contributed by atoms with Gasteiger partial charge >= 0.3 is 0 Å². The van der Waals surface area contributed by atoms with Gasteiger partial charge in [-0.25, -0.2) is 0 Å². The molecule has 0 spiro atoms. The van der Waals surface area contributed by atoms with Gasteiger partial charge in [0.15, 0.2) is 0 Å². The Morgan fingerprint density at radius 3 is 2.67 bits per heavy atom. The van der Waals surface area contributed by atoms with Crippen LogP contribution in [0.25, 0.3) is 0 Å². The summed E-state index contributed by atoms with van der Waals surface area (Å²) in [6, 6.07) is 12.3. The van der Waals surface area contributed by atoms with Crippen molar-refractivity contribution in [2.24, 2.45) is 0 Å². The average Bonchev–Trinajstić information content (AvgIpc) is 2.29. The van der Waals surface area contributed by atoms with Crippen LogP contribution in [0.3, 0.4) is 0 Å². The van der Waals surface area contributed by atoms with Crippen molar-refractivity contribution in [1.82, 2.24) is 4.98 Å². The zero-order chi connectivity index (χ0) is 10.5. The van der Waals surface area contributed by atoms with E-state index in [-0.39, 0.29) is 0 Å². The zero-order valence-electron chi connectivity index (χ0n) is 8.15. The number of rotatable bonds is 3. The Kier molecular flexibility index (Phi) is 3.35. The second kappa shape index (κ2) is 4.94. The minimum absolute atomic E-state index is 0.823. The number of halogens is 1. The molecule has 0 atom stereocenters. The molecule has 0 saturated heterocycles. The molecule has 0 unspecified atom stereocenters. The van der Waals surface area contributed by atoms with Gasteiger partial charge in [-0.15, -0.1) is 0 Å². The number of nitrogens with zero attached hydrogens (tertiary/aromatic N) is 1. The second-order valence-corrected chi connectivity index (χ2v) is 4.05. The molecule has 0 radical (unpaired) electrons. The number of hydrogen-bond acceptors (Lipinski definition) is 2. The topological polar surface area (TPSA) is 24.9 Å². The van der Waals surface area contributed by atoms with Crippen molar-refractivity contribution in [3.8, 4) is 0 Å². The molecule has 0 saturated carbocycles. The third kappa shape index (κ3) is 2.80. The second-order valence-electron chi connectivity index (χ2n) is 3.19. The van der Waals surface area contributed by atoms with Gasteiger partial charge in [-0.3, -0.25) is 4.98 Å². The van der Waals surface area contributed by atoms with Gasteiger partial charge in [0.2, 0.25) is 0 Å². The van der Waals surface area contributed by atoms with Crippen molar-refractivity contribution in [3.63, 3.8) is 0 Å². The van der Waals surface area contributed by atoms with E-state index in [4.69, 9.17) is 0 Å². The predicted octanol–water partition coefficient (Wildman–Crippen LogP) is 3.46. The van der Waals surface area contributed by atoms with Crippen molar-refractivity contribution in [2.45, 2.75) is 6.54 Å². The van der Waals surface area contributed by atoms with Crippen LogP contribution in [-0.2, 0) is 6.54 Å². The molecule has 76 valence electrons. The number of anilines is 1. The number of hydrogen-bond donors (Lipinski definition) is 1. The van der Waals surface area contributed by atoms with Crippen molar-refractivity contribution in [3.05, 3.63) is 58.8 Å². The largest absolute Gasteiger partial charge is 0.380 e. The minimum atomic E-state index is 0.823. The van der Waals surface area contributed by atoms with Crippen molar-refractivity contribution in [1.29, 1.82) is 0 Å². The Bertz CT molecular complexity index is 429. The molecular formula is C12H11BrN2. The molecule has 0 aliphatic heterocycles. The van der Waals surface area contributed by atoms with Gasteiger partial charge in [0.25, 0.3) is 0 Å². The summed E-state index contributed by atoms with van der Waals surface area (Å²) in [6.07, 6.45) is 3.56. The molecule has 15 heavy (non-hydrogen) atoms. The fraction of sp³-hybridized carbons (Fsp3) is 0.0833.